The number of hydrogen-bond acceptors (Lipinski definition) is 6. The molecule has 0 aliphatic carbocycles. The SMILES string of the molecule is CC[C@@H](C)N(Cc1cc(Cl)ccc1OCc1nc(CO)cs1)C(=O)c1ccc(OC)cc1. The van der Waals surface area contributed by atoms with Crippen LogP contribution in [0.4, 0.5) is 0 Å². The summed E-state index contributed by atoms with van der Waals surface area (Å²) in [6.45, 7) is 4.61. The average molecular weight is 475 g/mol. The van der Waals surface area contributed by atoms with Crippen LogP contribution in [0.2, 0.25) is 5.02 Å². The van der Waals surface area contributed by atoms with Gasteiger partial charge in [0.15, 0.2) is 0 Å². The van der Waals surface area contributed by atoms with Crippen LogP contribution in [0.15, 0.2) is 47.8 Å². The number of hydrogen-bond donors (Lipinski definition) is 1. The maximum absolute atomic E-state index is 13.3. The highest BCUT2D eigenvalue weighted by atomic mass is 35.5. The van der Waals surface area contributed by atoms with Crippen molar-refractivity contribution >= 4 is 28.8 Å². The standard InChI is InChI=1S/C24H27ClN2O4S/c1-4-16(2)27(24(29)17-5-8-21(30-3)9-6-17)12-18-11-19(25)7-10-22(18)31-14-23-26-20(13-28)15-32-23/h5-11,15-16,28H,4,12-14H2,1-3H3/t16-/m1/s1. The summed E-state index contributed by atoms with van der Waals surface area (Å²) in [7, 11) is 1.60. The number of amides is 1. The second kappa shape index (κ2) is 11.3. The first-order valence-corrected chi connectivity index (χ1v) is 11.6. The summed E-state index contributed by atoms with van der Waals surface area (Å²) in [5, 5.41) is 12.4. The Bertz CT molecular complexity index is 1040. The summed E-state index contributed by atoms with van der Waals surface area (Å²) in [4.78, 5) is 19.5. The summed E-state index contributed by atoms with van der Waals surface area (Å²) < 4.78 is 11.2. The van der Waals surface area contributed by atoms with E-state index in [0.29, 0.717) is 34.3 Å². The van der Waals surface area contributed by atoms with E-state index in [9.17, 15) is 9.90 Å². The van der Waals surface area contributed by atoms with Gasteiger partial charge in [-0.3, -0.25) is 4.79 Å². The molecule has 8 heteroatoms. The van der Waals surface area contributed by atoms with Crippen LogP contribution in [-0.4, -0.2) is 34.0 Å². The van der Waals surface area contributed by atoms with Gasteiger partial charge in [0.2, 0.25) is 0 Å². The summed E-state index contributed by atoms with van der Waals surface area (Å²) >= 11 is 7.71. The van der Waals surface area contributed by atoms with E-state index in [2.05, 4.69) is 11.9 Å². The molecule has 0 radical (unpaired) electrons. The summed E-state index contributed by atoms with van der Waals surface area (Å²) in [6, 6.07) is 12.5. The summed E-state index contributed by atoms with van der Waals surface area (Å²) in [5.74, 6) is 1.28. The van der Waals surface area contributed by atoms with E-state index in [0.717, 1.165) is 17.0 Å². The molecular formula is C24H27ClN2O4S. The van der Waals surface area contributed by atoms with Crippen molar-refractivity contribution < 1.29 is 19.4 Å². The minimum atomic E-state index is -0.0972. The first-order chi connectivity index (χ1) is 15.4. The first-order valence-electron chi connectivity index (χ1n) is 10.4. The number of aliphatic hydroxyl groups excluding tert-OH is 1. The van der Waals surface area contributed by atoms with Gasteiger partial charge in [-0.25, -0.2) is 4.98 Å². The van der Waals surface area contributed by atoms with Crippen LogP contribution in [-0.2, 0) is 19.8 Å². The highest BCUT2D eigenvalue weighted by Crippen LogP contribution is 2.28. The third kappa shape index (κ3) is 6.00. The van der Waals surface area contributed by atoms with Crippen LogP contribution in [0, 0.1) is 0 Å². The largest absolute Gasteiger partial charge is 0.497 e. The van der Waals surface area contributed by atoms with Crippen LogP contribution in [0.5, 0.6) is 11.5 Å². The Morgan fingerprint density at radius 2 is 2.00 bits per heavy atom. The second-order valence-electron chi connectivity index (χ2n) is 7.35. The summed E-state index contributed by atoms with van der Waals surface area (Å²) in [6.07, 6.45) is 0.807. The van der Waals surface area contributed by atoms with Crippen LogP contribution < -0.4 is 9.47 Å². The molecule has 3 rings (SSSR count). The molecular weight excluding hydrogens is 448 g/mol. The van der Waals surface area contributed by atoms with E-state index in [-0.39, 0.29) is 25.2 Å². The molecule has 0 spiro atoms. The van der Waals surface area contributed by atoms with Gasteiger partial charge in [-0.2, -0.15) is 0 Å². The van der Waals surface area contributed by atoms with Crippen LogP contribution in [0.25, 0.3) is 0 Å². The van der Waals surface area contributed by atoms with Gasteiger partial charge in [0.05, 0.1) is 19.4 Å². The Morgan fingerprint density at radius 1 is 1.25 bits per heavy atom. The van der Waals surface area contributed by atoms with Crippen LogP contribution in [0.1, 0.15) is 46.9 Å². The Labute approximate surface area is 197 Å². The van der Waals surface area contributed by atoms with E-state index >= 15 is 0 Å². The highest BCUT2D eigenvalue weighted by molar-refractivity contribution is 7.09. The zero-order chi connectivity index (χ0) is 23.1. The molecule has 0 unspecified atom stereocenters. The fraction of sp³-hybridized carbons (Fsp3) is 0.333. The number of methoxy groups -OCH3 is 1. The van der Waals surface area contributed by atoms with Crippen molar-refractivity contribution in [2.75, 3.05) is 7.11 Å². The van der Waals surface area contributed by atoms with Crippen molar-refractivity contribution in [1.82, 2.24) is 9.88 Å². The fourth-order valence-electron chi connectivity index (χ4n) is 3.17. The van der Waals surface area contributed by atoms with Crippen LogP contribution >= 0.6 is 22.9 Å². The zero-order valence-electron chi connectivity index (χ0n) is 18.4. The highest BCUT2D eigenvalue weighted by Gasteiger charge is 2.22. The van der Waals surface area contributed by atoms with Gasteiger partial charge in [0.1, 0.15) is 23.1 Å². The average Bonchev–Trinajstić information content (AvgIpc) is 3.29. The first kappa shape index (κ1) is 24.0. The predicted octanol–water partition coefficient (Wildman–Crippen LogP) is 5.32. The minimum absolute atomic E-state index is 0.0162. The number of aliphatic hydroxyl groups is 1. The molecule has 1 aromatic heterocycles. The van der Waals surface area contributed by atoms with Crippen molar-refractivity contribution in [3.63, 3.8) is 0 Å². The lowest BCUT2D eigenvalue weighted by molar-refractivity contribution is 0.0669. The molecule has 3 aromatic rings. The molecule has 0 saturated heterocycles. The second-order valence-corrected chi connectivity index (χ2v) is 8.73. The summed E-state index contributed by atoms with van der Waals surface area (Å²) in [5.41, 5.74) is 2.03. The monoisotopic (exact) mass is 474 g/mol. The molecule has 1 heterocycles. The van der Waals surface area contributed by atoms with Gasteiger partial charge in [-0.15, -0.1) is 11.3 Å². The third-order valence-corrected chi connectivity index (χ3v) is 6.30. The number of ether oxygens (including phenoxy) is 2. The number of halogens is 1. The van der Waals surface area contributed by atoms with E-state index < -0.39 is 0 Å². The van der Waals surface area contributed by atoms with Gasteiger partial charge in [-0.1, -0.05) is 18.5 Å². The topological polar surface area (TPSA) is 71.9 Å². The van der Waals surface area contributed by atoms with Crippen molar-refractivity contribution in [2.45, 2.75) is 46.1 Å². The van der Waals surface area contributed by atoms with Crippen molar-refractivity contribution in [1.29, 1.82) is 0 Å². The Kier molecular flexibility index (Phi) is 8.50. The van der Waals surface area contributed by atoms with E-state index in [4.69, 9.17) is 21.1 Å². The molecule has 0 bridgehead atoms. The van der Waals surface area contributed by atoms with Crippen molar-refractivity contribution in [3.05, 3.63) is 74.7 Å². The molecule has 0 fully saturated rings. The molecule has 2 aromatic carbocycles. The van der Waals surface area contributed by atoms with Gasteiger partial charge in [-0.05, 0) is 55.8 Å². The lowest BCUT2D eigenvalue weighted by Gasteiger charge is -2.29. The number of benzene rings is 2. The molecule has 0 aliphatic rings. The lowest BCUT2D eigenvalue weighted by Crippen LogP contribution is -2.37. The number of rotatable bonds is 10. The minimum Gasteiger partial charge on any atom is -0.497 e. The smallest absolute Gasteiger partial charge is 0.254 e. The molecule has 1 N–H and O–H groups in total. The maximum Gasteiger partial charge on any atom is 0.254 e. The van der Waals surface area contributed by atoms with E-state index in [1.54, 1.807) is 42.8 Å². The van der Waals surface area contributed by atoms with Crippen molar-refractivity contribution in [3.8, 4) is 11.5 Å². The van der Waals surface area contributed by atoms with Gasteiger partial charge < -0.3 is 19.5 Å². The van der Waals surface area contributed by atoms with Gasteiger partial charge >= 0.3 is 0 Å². The van der Waals surface area contributed by atoms with Crippen LogP contribution in [0.3, 0.4) is 0 Å². The normalized spacial score (nSPS) is 11.8. The number of thiazole rings is 1. The van der Waals surface area contributed by atoms with E-state index in [1.165, 1.54) is 11.3 Å². The van der Waals surface area contributed by atoms with Gasteiger partial charge in [0.25, 0.3) is 5.91 Å². The molecule has 0 saturated carbocycles. The Morgan fingerprint density at radius 3 is 2.62 bits per heavy atom. The quantitative estimate of drug-likeness (QED) is 0.430. The molecule has 0 aliphatic heterocycles. The number of carbonyl (C=O) groups excluding carboxylic acids is 1. The van der Waals surface area contributed by atoms with E-state index in [1.807, 2.05) is 24.0 Å². The molecule has 170 valence electrons. The zero-order valence-corrected chi connectivity index (χ0v) is 19.9. The predicted molar refractivity (Wildman–Crippen MR) is 126 cm³/mol. The number of aromatic nitrogens is 1. The molecule has 6 nitrogen and oxygen atoms in total. The maximum atomic E-state index is 13.3. The Hall–Kier alpha value is -2.61. The third-order valence-electron chi connectivity index (χ3n) is 5.20. The lowest BCUT2D eigenvalue weighted by atomic mass is 10.1. The number of nitrogens with zero attached hydrogens (tertiary/aromatic N) is 2. The molecule has 1 atom stereocenters. The fourth-order valence-corrected chi connectivity index (χ4v) is 4.06. The van der Waals surface area contributed by atoms with Gasteiger partial charge in [0, 0.05) is 34.1 Å². The van der Waals surface area contributed by atoms with Crippen molar-refractivity contribution in [2.24, 2.45) is 0 Å². The molecule has 1 amide bonds. The molecule has 32 heavy (non-hydrogen) atoms. The number of carbonyl (C=O) groups is 1. The Balaban J connectivity index is 1.83.